The minimum Gasteiger partial charge on any atom is -0.322 e. The monoisotopic (exact) mass is 268 g/mol. The van der Waals surface area contributed by atoms with Gasteiger partial charge < -0.3 is 10.2 Å². The van der Waals surface area contributed by atoms with Gasteiger partial charge in [-0.05, 0) is 38.4 Å². The molecule has 0 aliphatic carbocycles. The fraction of sp³-hybridized carbons (Fsp3) is 0.375. The second kappa shape index (κ2) is 5.59. The van der Waals surface area contributed by atoms with Crippen LogP contribution in [0.25, 0.3) is 0 Å². The zero-order valence-electron chi connectivity index (χ0n) is 12.0. The van der Waals surface area contributed by atoms with Crippen LogP contribution in [0.1, 0.15) is 24.6 Å². The fourth-order valence-electron chi connectivity index (χ4n) is 2.81. The Hall–Kier alpha value is -1.94. The van der Waals surface area contributed by atoms with Crippen LogP contribution in [0.15, 0.2) is 36.7 Å². The second-order valence-electron chi connectivity index (χ2n) is 5.29. The van der Waals surface area contributed by atoms with E-state index in [9.17, 15) is 0 Å². The normalized spacial score (nSPS) is 17.9. The van der Waals surface area contributed by atoms with Crippen molar-refractivity contribution >= 4 is 11.5 Å². The van der Waals surface area contributed by atoms with Crippen molar-refractivity contribution in [1.82, 2.24) is 15.3 Å². The molecule has 0 fully saturated rings. The summed E-state index contributed by atoms with van der Waals surface area (Å²) in [5, 5.41) is 3.12. The van der Waals surface area contributed by atoms with Gasteiger partial charge in [-0.2, -0.15) is 0 Å². The molecule has 1 aliphatic heterocycles. The summed E-state index contributed by atoms with van der Waals surface area (Å²) < 4.78 is 0. The lowest BCUT2D eigenvalue weighted by molar-refractivity contribution is 0.610. The number of fused-ring (bicyclic) bond motifs is 1. The molecule has 1 aromatic carbocycles. The molecule has 1 atom stereocenters. The molecular weight excluding hydrogens is 248 g/mol. The van der Waals surface area contributed by atoms with Crippen LogP contribution in [0.3, 0.4) is 0 Å². The average Bonchev–Trinajstić information content (AvgIpc) is 2.48. The quantitative estimate of drug-likeness (QED) is 0.929. The molecule has 104 valence electrons. The molecule has 0 bridgehead atoms. The maximum absolute atomic E-state index is 4.74. The zero-order chi connectivity index (χ0) is 13.9. The van der Waals surface area contributed by atoms with E-state index in [0.717, 1.165) is 30.9 Å². The Bertz CT molecular complexity index is 597. The summed E-state index contributed by atoms with van der Waals surface area (Å²) in [6.07, 6.45) is 5.96. The van der Waals surface area contributed by atoms with Crippen LogP contribution in [0.2, 0.25) is 0 Å². The van der Waals surface area contributed by atoms with Gasteiger partial charge in [-0.15, -0.1) is 0 Å². The van der Waals surface area contributed by atoms with Crippen molar-refractivity contribution in [3.8, 4) is 0 Å². The SMILES string of the molecule is CNCc1cncc(N2c3ccccc3CCC2C)n1. The van der Waals surface area contributed by atoms with Crippen molar-refractivity contribution in [3.63, 3.8) is 0 Å². The average molecular weight is 268 g/mol. The highest BCUT2D eigenvalue weighted by Crippen LogP contribution is 2.35. The Morgan fingerprint density at radius 3 is 3.00 bits per heavy atom. The summed E-state index contributed by atoms with van der Waals surface area (Å²) in [4.78, 5) is 11.4. The Balaban J connectivity index is 2.02. The van der Waals surface area contributed by atoms with Crippen LogP contribution in [0.4, 0.5) is 11.5 Å². The van der Waals surface area contributed by atoms with Gasteiger partial charge in [-0.1, -0.05) is 18.2 Å². The summed E-state index contributed by atoms with van der Waals surface area (Å²) in [5.74, 6) is 0.942. The zero-order valence-corrected chi connectivity index (χ0v) is 12.0. The van der Waals surface area contributed by atoms with Gasteiger partial charge in [-0.25, -0.2) is 4.98 Å². The fourth-order valence-corrected chi connectivity index (χ4v) is 2.81. The topological polar surface area (TPSA) is 41.1 Å². The third-order valence-corrected chi connectivity index (χ3v) is 3.80. The minimum absolute atomic E-state index is 0.448. The van der Waals surface area contributed by atoms with Crippen molar-refractivity contribution < 1.29 is 0 Å². The maximum atomic E-state index is 4.74. The highest BCUT2D eigenvalue weighted by Gasteiger charge is 2.25. The van der Waals surface area contributed by atoms with Gasteiger partial charge >= 0.3 is 0 Å². The summed E-state index contributed by atoms with van der Waals surface area (Å²) in [7, 11) is 1.92. The molecule has 0 amide bonds. The van der Waals surface area contributed by atoms with E-state index in [1.807, 2.05) is 19.4 Å². The van der Waals surface area contributed by atoms with Crippen LogP contribution in [-0.4, -0.2) is 23.1 Å². The van der Waals surface area contributed by atoms with E-state index in [1.165, 1.54) is 11.3 Å². The number of nitrogens with zero attached hydrogens (tertiary/aromatic N) is 3. The van der Waals surface area contributed by atoms with Crippen LogP contribution in [0.5, 0.6) is 0 Å². The lowest BCUT2D eigenvalue weighted by Crippen LogP contribution is -2.34. The van der Waals surface area contributed by atoms with Gasteiger partial charge in [0.1, 0.15) is 0 Å². The van der Waals surface area contributed by atoms with Crippen molar-refractivity contribution in [1.29, 1.82) is 0 Å². The molecule has 1 unspecified atom stereocenters. The molecule has 1 aliphatic rings. The molecule has 4 nitrogen and oxygen atoms in total. The molecule has 3 rings (SSSR count). The molecule has 0 saturated carbocycles. The summed E-state index contributed by atoms with van der Waals surface area (Å²) >= 11 is 0. The predicted octanol–water partition coefficient (Wildman–Crippen LogP) is 2.67. The lowest BCUT2D eigenvalue weighted by Gasteiger charge is -2.36. The second-order valence-corrected chi connectivity index (χ2v) is 5.29. The number of benzene rings is 1. The van der Waals surface area contributed by atoms with Gasteiger partial charge in [-0.3, -0.25) is 4.98 Å². The van der Waals surface area contributed by atoms with E-state index in [-0.39, 0.29) is 0 Å². The Kier molecular flexibility index (Phi) is 3.65. The van der Waals surface area contributed by atoms with Gasteiger partial charge in [0, 0.05) is 24.5 Å². The molecule has 0 spiro atoms. The molecule has 2 heterocycles. The van der Waals surface area contributed by atoms with Crippen molar-refractivity contribution in [2.75, 3.05) is 11.9 Å². The Morgan fingerprint density at radius 2 is 2.15 bits per heavy atom. The number of rotatable bonds is 3. The molecule has 4 heteroatoms. The highest BCUT2D eigenvalue weighted by molar-refractivity contribution is 5.65. The van der Waals surface area contributed by atoms with E-state index in [1.54, 1.807) is 0 Å². The maximum Gasteiger partial charge on any atom is 0.152 e. The van der Waals surface area contributed by atoms with Crippen molar-refractivity contribution in [2.45, 2.75) is 32.4 Å². The van der Waals surface area contributed by atoms with Crippen LogP contribution in [-0.2, 0) is 13.0 Å². The van der Waals surface area contributed by atoms with Gasteiger partial charge in [0.15, 0.2) is 5.82 Å². The third-order valence-electron chi connectivity index (χ3n) is 3.80. The van der Waals surface area contributed by atoms with Crippen LogP contribution < -0.4 is 10.2 Å². The van der Waals surface area contributed by atoms with Gasteiger partial charge in [0.25, 0.3) is 0 Å². The summed E-state index contributed by atoms with van der Waals surface area (Å²) in [6.45, 7) is 2.99. The first-order valence-electron chi connectivity index (χ1n) is 7.12. The highest BCUT2D eigenvalue weighted by atomic mass is 15.2. The Morgan fingerprint density at radius 1 is 1.30 bits per heavy atom. The number of para-hydroxylation sites is 1. The van der Waals surface area contributed by atoms with E-state index in [4.69, 9.17) is 4.98 Å². The summed E-state index contributed by atoms with van der Waals surface area (Å²) in [6, 6.07) is 9.03. The number of anilines is 2. The van der Waals surface area contributed by atoms with E-state index >= 15 is 0 Å². The van der Waals surface area contributed by atoms with Gasteiger partial charge in [0.2, 0.25) is 0 Å². The summed E-state index contributed by atoms with van der Waals surface area (Å²) in [5.41, 5.74) is 3.63. The molecule has 0 radical (unpaired) electrons. The van der Waals surface area contributed by atoms with Crippen LogP contribution >= 0.6 is 0 Å². The molecule has 20 heavy (non-hydrogen) atoms. The largest absolute Gasteiger partial charge is 0.322 e. The lowest BCUT2D eigenvalue weighted by atomic mass is 9.97. The standard InChI is InChI=1S/C16H20N4/c1-12-7-8-13-5-3-4-6-15(13)20(12)16-11-18-10-14(19-16)9-17-2/h3-6,10-12,17H,7-9H2,1-2H3. The number of hydrogen-bond acceptors (Lipinski definition) is 4. The van der Waals surface area contributed by atoms with Gasteiger partial charge in [0.05, 0.1) is 11.9 Å². The van der Waals surface area contributed by atoms with E-state index < -0.39 is 0 Å². The molecule has 1 N–H and O–H groups in total. The van der Waals surface area contributed by atoms with E-state index in [2.05, 4.69) is 46.4 Å². The molecular formula is C16H20N4. The smallest absolute Gasteiger partial charge is 0.152 e. The first-order valence-corrected chi connectivity index (χ1v) is 7.12. The number of nitrogens with one attached hydrogen (secondary N) is 1. The van der Waals surface area contributed by atoms with Crippen molar-refractivity contribution in [3.05, 3.63) is 47.9 Å². The van der Waals surface area contributed by atoms with Crippen molar-refractivity contribution in [2.24, 2.45) is 0 Å². The third kappa shape index (κ3) is 2.39. The number of hydrogen-bond donors (Lipinski definition) is 1. The molecule has 2 aromatic rings. The first-order chi connectivity index (χ1) is 9.79. The number of aromatic nitrogens is 2. The van der Waals surface area contributed by atoms with Crippen LogP contribution in [0, 0.1) is 0 Å². The molecule has 1 aromatic heterocycles. The number of aryl methyl sites for hydroxylation is 1. The predicted molar refractivity (Wildman–Crippen MR) is 81.2 cm³/mol. The Labute approximate surface area is 119 Å². The minimum atomic E-state index is 0.448. The first kappa shape index (κ1) is 13.1. The molecule has 0 saturated heterocycles. The van der Waals surface area contributed by atoms with E-state index in [0.29, 0.717) is 6.04 Å².